The highest BCUT2D eigenvalue weighted by Crippen LogP contribution is 2.22. The summed E-state index contributed by atoms with van der Waals surface area (Å²) < 4.78 is 26.7. The highest BCUT2D eigenvalue weighted by Gasteiger charge is 2.22. The van der Waals surface area contributed by atoms with Crippen LogP contribution in [0.5, 0.6) is 0 Å². The number of ketones is 1. The minimum absolute atomic E-state index is 0.0248. The van der Waals surface area contributed by atoms with Gasteiger partial charge in [0.05, 0.1) is 10.5 Å². The van der Waals surface area contributed by atoms with E-state index in [0.29, 0.717) is 21.7 Å². The molecule has 3 rings (SSSR count). The van der Waals surface area contributed by atoms with Gasteiger partial charge < -0.3 is 10.3 Å². The molecule has 7 nitrogen and oxygen atoms in total. The van der Waals surface area contributed by atoms with Crippen molar-refractivity contribution in [1.29, 1.82) is 0 Å². The maximum absolute atomic E-state index is 12.5. The highest BCUT2D eigenvalue weighted by molar-refractivity contribution is 7.89. The van der Waals surface area contributed by atoms with Crippen LogP contribution in [0.3, 0.4) is 0 Å². The molecule has 1 amide bonds. The Hall–Kier alpha value is -2.68. The number of rotatable bonds is 7. The molecular weight excluding hydrogens is 402 g/mol. The molecular formula is C19H18ClN3O4S. The summed E-state index contributed by atoms with van der Waals surface area (Å²) >= 11 is 5.80. The monoisotopic (exact) mass is 419 g/mol. The minimum atomic E-state index is -3.76. The second kappa shape index (κ2) is 8.14. The molecule has 0 saturated heterocycles. The van der Waals surface area contributed by atoms with Gasteiger partial charge in [-0.1, -0.05) is 35.9 Å². The number of aromatic nitrogens is 1. The zero-order valence-electron chi connectivity index (χ0n) is 15.0. The maximum atomic E-state index is 12.5. The Balaban J connectivity index is 1.60. The number of hydrogen-bond acceptors (Lipinski definition) is 4. The zero-order valence-corrected chi connectivity index (χ0v) is 16.5. The van der Waals surface area contributed by atoms with Gasteiger partial charge in [0, 0.05) is 34.7 Å². The molecule has 1 aromatic heterocycles. The second-order valence-electron chi connectivity index (χ2n) is 6.11. The molecule has 28 heavy (non-hydrogen) atoms. The van der Waals surface area contributed by atoms with Crippen molar-refractivity contribution in [1.82, 2.24) is 15.0 Å². The molecule has 1 heterocycles. The maximum Gasteiger partial charge on any atom is 0.292 e. The van der Waals surface area contributed by atoms with Crippen LogP contribution < -0.4 is 10.0 Å². The molecule has 0 saturated carbocycles. The van der Waals surface area contributed by atoms with Crippen molar-refractivity contribution >= 4 is 44.2 Å². The summed E-state index contributed by atoms with van der Waals surface area (Å²) in [4.78, 5) is 27.8. The number of para-hydroxylation sites is 1. The zero-order chi connectivity index (χ0) is 20.3. The molecule has 146 valence electrons. The third kappa shape index (κ3) is 4.24. The number of sulfonamides is 1. The van der Waals surface area contributed by atoms with Crippen molar-refractivity contribution in [3.8, 4) is 0 Å². The molecule has 0 aliphatic rings. The Bertz CT molecular complexity index is 1150. The lowest BCUT2D eigenvalue weighted by atomic mass is 10.1. The van der Waals surface area contributed by atoms with Crippen LogP contribution in [-0.4, -0.2) is 38.2 Å². The number of amides is 1. The van der Waals surface area contributed by atoms with Crippen LogP contribution in [-0.2, 0) is 14.8 Å². The van der Waals surface area contributed by atoms with Gasteiger partial charge in [-0.3, -0.25) is 9.59 Å². The van der Waals surface area contributed by atoms with Gasteiger partial charge in [0.15, 0.2) is 0 Å². The lowest BCUT2D eigenvalue weighted by Gasteiger charge is -2.08. The number of nitrogens with one attached hydrogen (secondary N) is 3. The van der Waals surface area contributed by atoms with Gasteiger partial charge in [0.2, 0.25) is 10.0 Å². The Morgan fingerprint density at radius 3 is 2.57 bits per heavy atom. The number of hydrogen-bond donors (Lipinski definition) is 3. The first-order valence-electron chi connectivity index (χ1n) is 8.44. The average Bonchev–Trinajstić information content (AvgIpc) is 3.00. The van der Waals surface area contributed by atoms with Crippen molar-refractivity contribution in [2.24, 2.45) is 0 Å². The second-order valence-corrected chi connectivity index (χ2v) is 8.31. The third-order valence-corrected chi connectivity index (χ3v) is 5.83. The molecule has 0 aliphatic carbocycles. The summed E-state index contributed by atoms with van der Waals surface area (Å²) in [5, 5.41) is 3.41. The number of fused-ring (bicyclic) bond motifs is 1. The van der Waals surface area contributed by atoms with E-state index < -0.39 is 21.7 Å². The number of benzene rings is 2. The largest absolute Gasteiger partial charge is 0.358 e. The molecule has 0 aliphatic heterocycles. The van der Waals surface area contributed by atoms with Gasteiger partial charge in [-0.2, -0.15) is 0 Å². The lowest BCUT2D eigenvalue weighted by molar-refractivity contribution is -0.116. The van der Waals surface area contributed by atoms with Crippen molar-refractivity contribution in [3.05, 3.63) is 64.8 Å². The van der Waals surface area contributed by atoms with E-state index in [1.54, 1.807) is 25.1 Å². The van der Waals surface area contributed by atoms with Crippen LogP contribution >= 0.6 is 11.6 Å². The third-order valence-electron chi connectivity index (χ3n) is 4.14. The fourth-order valence-electron chi connectivity index (χ4n) is 2.84. The summed E-state index contributed by atoms with van der Waals surface area (Å²) in [6.07, 6.45) is 0. The molecule has 0 bridgehead atoms. The topological polar surface area (TPSA) is 108 Å². The van der Waals surface area contributed by atoms with E-state index in [-0.39, 0.29) is 18.0 Å². The first kappa shape index (κ1) is 20.1. The van der Waals surface area contributed by atoms with Crippen LogP contribution in [0.25, 0.3) is 10.9 Å². The van der Waals surface area contributed by atoms with Crippen molar-refractivity contribution < 1.29 is 18.0 Å². The summed E-state index contributed by atoms with van der Waals surface area (Å²) in [5.74, 6) is -1.47. The SMILES string of the molecule is Cc1[nH]c2ccccc2c1C(=O)C(=O)NCCNS(=O)(=O)c1cccc(Cl)c1. The summed E-state index contributed by atoms with van der Waals surface area (Å²) in [6, 6.07) is 13.0. The van der Waals surface area contributed by atoms with E-state index in [9.17, 15) is 18.0 Å². The van der Waals surface area contributed by atoms with Gasteiger partial charge in [0.1, 0.15) is 0 Å². The quantitative estimate of drug-likeness (QED) is 0.310. The standard InChI is InChI=1S/C19H18ClN3O4S/c1-12-17(15-7-2-3-8-16(15)23-12)18(24)19(25)21-9-10-22-28(26,27)14-6-4-5-13(20)11-14/h2-8,11,22-23H,9-10H2,1H3,(H,21,25). The summed E-state index contributed by atoms with van der Waals surface area (Å²) in [5.41, 5.74) is 1.68. The van der Waals surface area contributed by atoms with Crippen LogP contribution in [0.1, 0.15) is 16.1 Å². The van der Waals surface area contributed by atoms with E-state index in [4.69, 9.17) is 11.6 Å². The molecule has 0 atom stereocenters. The predicted octanol–water partition coefficient (Wildman–Crippen LogP) is 2.41. The number of Topliss-reactive ketones (excluding diaryl/α,β-unsaturated/α-hetero) is 1. The van der Waals surface area contributed by atoms with Crippen molar-refractivity contribution in [2.75, 3.05) is 13.1 Å². The molecule has 0 unspecified atom stereocenters. The van der Waals surface area contributed by atoms with Crippen LogP contribution in [0, 0.1) is 6.92 Å². The van der Waals surface area contributed by atoms with E-state index in [1.807, 2.05) is 12.1 Å². The Labute approximate surface area is 167 Å². The summed E-state index contributed by atoms with van der Waals surface area (Å²) in [7, 11) is -3.76. The average molecular weight is 420 g/mol. The first-order chi connectivity index (χ1) is 13.3. The number of H-pyrrole nitrogens is 1. The number of aryl methyl sites for hydroxylation is 1. The van der Waals surface area contributed by atoms with E-state index in [1.165, 1.54) is 18.2 Å². The Morgan fingerprint density at radius 2 is 1.82 bits per heavy atom. The van der Waals surface area contributed by atoms with Crippen molar-refractivity contribution in [3.63, 3.8) is 0 Å². The number of carbonyl (C=O) groups is 2. The molecule has 0 fully saturated rings. The normalized spacial score (nSPS) is 11.5. The fourth-order valence-corrected chi connectivity index (χ4v) is 4.17. The fraction of sp³-hybridized carbons (Fsp3) is 0.158. The molecule has 0 spiro atoms. The molecule has 3 N–H and O–H groups in total. The lowest BCUT2D eigenvalue weighted by Crippen LogP contribution is -2.38. The minimum Gasteiger partial charge on any atom is -0.358 e. The molecule has 2 aromatic carbocycles. The van der Waals surface area contributed by atoms with Crippen LogP contribution in [0.15, 0.2) is 53.4 Å². The van der Waals surface area contributed by atoms with Gasteiger partial charge in [-0.25, -0.2) is 13.1 Å². The van der Waals surface area contributed by atoms with Gasteiger partial charge >= 0.3 is 0 Å². The number of aromatic amines is 1. The number of halogens is 1. The number of carbonyl (C=O) groups excluding carboxylic acids is 2. The van der Waals surface area contributed by atoms with E-state index in [2.05, 4.69) is 15.0 Å². The Morgan fingerprint density at radius 1 is 1.07 bits per heavy atom. The molecule has 3 aromatic rings. The molecule has 9 heteroatoms. The predicted molar refractivity (Wildman–Crippen MR) is 107 cm³/mol. The van der Waals surface area contributed by atoms with E-state index >= 15 is 0 Å². The molecule has 0 radical (unpaired) electrons. The van der Waals surface area contributed by atoms with Gasteiger partial charge in [0.25, 0.3) is 11.7 Å². The Kier molecular flexibility index (Phi) is 5.83. The van der Waals surface area contributed by atoms with Crippen LogP contribution in [0.4, 0.5) is 0 Å². The van der Waals surface area contributed by atoms with Crippen LogP contribution in [0.2, 0.25) is 5.02 Å². The summed E-state index contributed by atoms with van der Waals surface area (Å²) in [6.45, 7) is 1.62. The first-order valence-corrected chi connectivity index (χ1v) is 10.3. The van der Waals surface area contributed by atoms with E-state index in [0.717, 1.165) is 5.52 Å². The van der Waals surface area contributed by atoms with Gasteiger partial charge in [-0.15, -0.1) is 0 Å². The van der Waals surface area contributed by atoms with Crippen molar-refractivity contribution in [2.45, 2.75) is 11.8 Å². The van der Waals surface area contributed by atoms with Gasteiger partial charge in [-0.05, 0) is 31.2 Å². The highest BCUT2D eigenvalue weighted by atomic mass is 35.5. The smallest absolute Gasteiger partial charge is 0.292 e.